The van der Waals surface area contributed by atoms with Crippen LogP contribution in [0.2, 0.25) is 0 Å². The van der Waals surface area contributed by atoms with Crippen molar-refractivity contribution in [2.24, 2.45) is 10.2 Å². The van der Waals surface area contributed by atoms with Gasteiger partial charge in [-0.2, -0.15) is 0 Å². The number of anilines is 1. The molecule has 10 nitrogen and oxygen atoms in total. The maximum atomic E-state index is 13.1. The summed E-state index contributed by atoms with van der Waals surface area (Å²) in [5, 5.41) is 21.6. The van der Waals surface area contributed by atoms with Crippen molar-refractivity contribution in [1.29, 1.82) is 0 Å². The fourth-order valence-corrected chi connectivity index (χ4v) is 4.07. The van der Waals surface area contributed by atoms with E-state index in [1.165, 1.54) is 6.20 Å². The van der Waals surface area contributed by atoms with E-state index in [2.05, 4.69) is 20.5 Å². The number of benzene rings is 1. The molecule has 0 aliphatic carbocycles. The summed E-state index contributed by atoms with van der Waals surface area (Å²) in [7, 11) is 0. The third-order valence-corrected chi connectivity index (χ3v) is 5.87. The van der Waals surface area contributed by atoms with Crippen LogP contribution < -0.4 is 5.32 Å². The fourth-order valence-electron chi connectivity index (χ4n) is 3.06. The van der Waals surface area contributed by atoms with Crippen molar-refractivity contribution in [3.63, 3.8) is 0 Å². The van der Waals surface area contributed by atoms with Gasteiger partial charge >= 0.3 is 11.9 Å². The summed E-state index contributed by atoms with van der Waals surface area (Å²) < 4.78 is 10.2. The van der Waals surface area contributed by atoms with Crippen molar-refractivity contribution >= 4 is 45.6 Å². The minimum absolute atomic E-state index is 0.0277. The number of amides is 1. The standard InChI is InChI=1S/C25H24N4O6S/c1-4-34-24(32)18-15(3)21(25(33)35-5-2)36-23(18)29-28-19(20(30)16-10-7-6-8-11-16)22(31)27-17-12-9-13-26-14-17/h6-14,30H,4-5H2,1-3H3,(H,27,31)/b20-19+,29-28?. The van der Waals surface area contributed by atoms with Crippen LogP contribution in [0.15, 0.2) is 70.8 Å². The van der Waals surface area contributed by atoms with Crippen molar-refractivity contribution in [3.05, 3.63) is 82.1 Å². The molecule has 2 N–H and O–H groups in total. The first-order valence-electron chi connectivity index (χ1n) is 11.0. The van der Waals surface area contributed by atoms with E-state index in [1.54, 1.807) is 69.4 Å². The van der Waals surface area contributed by atoms with Crippen molar-refractivity contribution in [2.75, 3.05) is 18.5 Å². The molecule has 0 unspecified atom stereocenters. The van der Waals surface area contributed by atoms with Crippen LogP contribution in [0.1, 0.15) is 45.0 Å². The van der Waals surface area contributed by atoms with Gasteiger partial charge in [0, 0.05) is 11.8 Å². The maximum absolute atomic E-state index is 13.1. The molecule has 2 heterocycles. The van der Waals surface area contributed by atoms with Crippen LogP contribution in [0, 0.1) is 6.92 Å². The first-order chi connectivity index (χ1) is 17.4. The Morgan fingerprint density at radius 3 is 2.36 bits per heavy atom. The van der Waals surface area contributed by atoms with Crippen LogP contribution in [-0.2, 0) is 14.3 Å². The first-order valence-corrected chi connectivity index (χ1v) is 11.8. The predicted octanol–water partition coefficient (Wildman–Crippen LogP) is 5.45. The monoisotopic (exact) mass is 508 g/mol. The molecule has 0 saturated heterocycles. The molecule has 0 aliphatic rings. The molecule has 0 spiro atoms. The highest BCUT2D eigenvalue weighted by Crippen LogP contribution is 2.37. The predicted molar refractivity (Wildman–Crippen MR) is 134 cm³/mol. The van der Waals surface area contributed by atoms with Crippen LogP contribution >= 0.6 is 11.3 Å². The molecule has 0 bridgehead atoms. The van der Waals surface area contributed by atoms with Crippen LogP contribution in [0.4, 0.5) is 10.7 Å². The summed E-state index contributed by atoms with van der Waals surface area (Å²) in [5.41, 5.74) is 0.639. The van der Waals surface area contributed by atoms with Crippen molar-refractivity contribution < 1.29 is 29.0 Å². The number of aliphatic hydroxyl groups is 1. The van der Waals surface area contributed by atoms with Gasteiger partial charge in [-0.15, -0.1) is 21.6 Å². The highest BCUT2D eigenvalue weighted by atomic mass is 32.1. The van der Waals surface area contributed by atoms with E-state index in [4.69, 9.17) is 9.47 Å². The van der Waals surface area contributed by atoms with Gasteiger partial charge in [0.15, 0.2) is 16.5 Å². The number of pyridine rings is 1. The third kappa shape index (κ3) is 6.19. The Kier molecular flexibility index (Phi) is 9.01. The van der Waals surface area contributed by atoms with Gasteiger partial charge in [0.25, 0.3) is 5.91 Å². The van der Waals surface area contributed by atoms with Gasteiger partial charge in [0.1, 0.15) is 10.4 Å². The van der Waals surface area contributed by atoms with E-state index in [9.17, 15) is 19.5 Å². The number of hydrogen-bond acceptors (Lipinski definition) is 10. The molecule has 0 atom stereocenters. The Labute approximate surface area is 211 Å². The van der Waals surface area contributed by atoms with Crippen LogP contribution in [0.3, 0.4) is 0 Å². The van der Waals surface area contributed by atoms with Crippen molar-refractivity contribution in [3.8, 4) is 0 Å². The molecule has 3 rings (SSSR count). The molecule has 0 aliphatic heterocycles. The van der Waals surface area contributed by atoms with Crippen LogP contribution in [0.5, 0.6) is 0 Å². The number of thiophene rings is 1. The van der Waals surface area contributed by atoms with Crippen molar-refractivity contribution in [1.82, 2.24) is 4.98 Å². The Morgan fingerprint density at radius 1 is 1.03 bits per heavy atom. The topological polar surface area (TPSA) is 140 Å². The number of nitrogens with one attached hydrogen (secondary N) is 1. The molecule has 1 amide bonds. The van der Waals surface area contributed by atoms with E-state index in [0.29, 0.717) is 16.8 Å². The van der Waals surface area contributed by atoms with Gasteiger partial charge < -0.3 is 19.9 Å². The molecule has 0 saturated carbocycles. The first kappa shape index (κ1) is 26.2. The quantitative estimate of drug-likeness (QED) is 0.169. The number of aliphatic hydroxyl groups excluding tert-OH is 1. The van der Waals surface area contributed by atoms with Gasteiger partial charge in [0.05, 0.1) is 25.1 Å². The number of ether oxygens (including phenoxy) is 2. The zero-order chi connectivity index (χ0) is 26.1. The SMILES string of the molecule is CCOC(=O)c1sc(N=N/C(C(=O)Nc2cccnc2)=C(/O)c2ccccc2)c(C(=O)OCC)c1C. The number of nitrogens with zero attached hydrogens (tertiary/aromatic N) is 3. The number of azo groups is 1. The van der Waals surface area contributed by atoms with Crippen LogP contribution in [-0.4, -0.2) is 41.2 Å². The van der Waals surface area contributed by atoms with Gasteiger partial charge in [-0.1, -0.05) is 30.3 Å². The normalized spacial score (nSPS) is 11.6. The number of esters is 2. The zero-order valence-corrected chi connectivity index (χ0v) is 20.7. The highest BCUT2D eigenvalue weighted by Gasteiger charge is 2.27. The molecule has 36 heavy (non-hydrogen) atoms. The van der Waals surface area contributed by atoms with E-state index in [1.807, 2.05) is 0 Å². The highest BCUT2D eigenvalue weighted by molar-refractivity contribution is 7.18. The fraction of sp³-hybridized carbons (Fsp3) is 0.200. The van der Waals surface area contributed by atoms with E-state index >= 15 is 0 Å². The Morgan fingerprint density at radius 2 is 1.72 bits per heavy atom. The van der Waals surface area contributed by atoms with Gasteiger partial charge in [-0.25, -0.2) is 9.59 Å². The molecule has 1 aromatic carbocycles. The minimum Gasteiger partial charge on any atom is -0.505 e. The molecule has 3 aromatic rings. The number of hydrogen-bond donors (Lipinski definition) is 2. The molecular weight excluding hydrogens is 484 g/mol. The lowest BCUT2D eigenvalue weighted by molar-refractivity contribution is -0.112. The number of carbonyl (C=O) groups excluding carboxylic acids is 3. The maximum Gasteiger partial charge on any atom is 0.348 e. The second-order valence-corrected chi connectivity index (χ2v) is 8.14. The van der Waals surface area contributed by atoms with Gasteiger partial charge in [-0.05, 0) is 38.5 Å². The number of rotatable bonds is 9. The van der Waals surface area contributed by atoms with E-state index in [0.717, 1.165) is 11.3 Å². The van der Waals surface area contributed by atoms with Crippen molar-refractivity contribution in [2.45, 2.75) is 20.8 Å². The summed E-state index contributed by atoms with van der Waals surface area (Å²) in [4.78, 5) is 42.2. The Balaban J connectivity index is 2.09. The summed E-state index contributed by atoms with van der Waals surface area (Å²) >= 11 is 0.872. The smallest absolute Gasteiger partial charge is 0.348 e. The average molecular weight is 509 g/mol. The minimum atomic E-state index is -0.760. The molecule has 0 radical (unpaired) electrons. The Hall–Kier alpha value is -4.38. The molecule has 0 fully saturated rings. The lowest BCUT2D eigenvalue weighted by Gasteiger charge is -2.08. The summed E-state index contributed by atoms with van der Waals surface area (Å²) in [6.45, 7) is 5.13. The van der Waals surface area contributed by atoms with E-state index < -0.39 is 29.3 Å². The lowest BCUT2D eigenvalue weighted by atomic mass is 10.1. The zero-order valence-electron chi connectivity index (χ0n) is 19.8. The summed E-state index contributed by atoms with van der Waals surface area (Å²) in [5.74, 6) is -2.51. The van der Waals surface area contributed by atoms with Gasteiger partial charge in [0.2, 0.25) is 0 Å². The number of aromatic nitrogens is 1. The lowest BCUT2D eigenvalue weighted by Crippen LogP contribution is -2.15. The molecule has 2 aromatic heterocycles. The van der Waals surface area contributed by atoms with Gasteiger partial charge in [-0.3, -0.25) is 9.78 Å². The number of carbonyl (C=O) groups is 3. The summed E-state index contributed by atoms with van der Waals surface area (Å²) in [6.07, 6.45) is 2.98. The van der Waals surface area contributed by atoms with E-state index in [-0.39, 0.29) is 28.7 Å². The molecule has 186 valence electrons. The second kappa shape index (κ2) is 12.4. The Bertz CT molecular complexity index is 1300. The van der Waals surface area contributed by atoms with Crippen LogP contribution in [0.25, 0.3) is 5.76 Å². The molecule has 11 heteroatoms. The summed E-state index contributed by atoms with van der Waals surface area (Å²) in [6, 6.07) is 11.6. The second-order valence-electron chi connectivity index (χ2n) is 7.14. The largest absolute Gasteiger partial charge is 0.505 e. The third-order valence-electron chi connectivity index (χ3n) is 4.72. The molecular formula is C25H24N4O6S. The average Bonchev–Trinajstić information content (AvgIpc) is 3.21.